The fourth-order valence-corrected chi connectivity index (χ4v) is 2.01. The zero-order valence-electron chi connectivity index (χ0n) is 9.13. The first kappa shape index (κ1) is 10.4. The van der Waals surface area contributed by atoms with Crippen LogP contribution < -0.4 is 0 Å². The molecule has 2 aromatic rings. The van der Waals surface area contributed by atoms with E-state index in [1.807, 2.05) is 13.1 Å². The lowest BCUT2D eigenvalue weighted by molar-refractivity contribution is 0.817. The lowest BCUT2D eigenvalue weighted by Gasteiger charge is -2.03. The third-order valence-electron chi connectivity index (χ3n) is 2.56. The summed E-state index contributed by atoms with van der Waals surface area (Å²) in [5, 5.41) is 9.00. The Kier molecular flexibility index (Phi) is 2.65. The van der Waals surface area contributed by atoms with Gasteiger partial charge in [0.2, 0.25) is 0 Å². The fourth-order valence-electron chi connectivity index (χ4n) is 1.68. The van der Waals surface area contributed by atoms with Crippen molar-refractivity contribution >= 4 is 22.5 Å². The smallest absolute Gasteiger partial charge is 0.114 e. The van der Waals surface area contributed by atoms with Crippen molar-refractivity contribution < 1.29 is 0 Å². The molecule has 0 spiro atoms. The number of hydrogen-bond acceptors (Lipinski definition) is 2. The van der Waals surface area contributed by atoms with Crippen molar-refractivity contribution in [3.05, 3.63) is 22.6 Å². The zero-order valence-corrected chi connectivity index (χ0v) is 9.89. The number of nitrogens with zero attached hydrogens (tertiary/aromatic N) is 2. The van der Waals surface area contributed by atoms with Gasteiger partial charge in [-0.25, -0.2) is 0 Å². The summed E-state index contributed by atoms with van der Waals surface area (Å²) in [5.41, 5.74) is 2.85. The van der Waals surface area contributed by atoms with Crippen LogP contribution in [0.3, 0.4) is 0 Å². The SMILES string of the molecule is CCc1ncc2c(C(C)C)[nH]nc2c1Cl. The normalized spacial score (nSPS) is 11.5. The molecule has 2 heterocycles. The maximum atomic E-state index is 6.21. The first-order chi connectivity index (χ1) is 7.15. The second-order valence-electron chi connectivity index (χ2n) is 3.93. The number of nitrogens with one attached hydrogen (secondary N) is 1. The number of pyridine rings is 1. The van der Waals surface area contributed by atoms with Crippen molar-refractivity contribution in [3.8, 4) is 0 Å². The van der Waals surface area contributed by atoms with Gasteiger partial charge in [-0.1, -0.05) is 32.4 Å². The van der Waals surface area contributed by atoms with Gasteiger partial charge in [-0.05, 0) is 12.3 Å². The monoisotopic (exact) mass is 223 g/mol. The molecule has 0 fully saturated rings. The Labute approximate surface area is 93.9 Å². The van der Waals surface area contributed by atoms with Crippen molar-refractivity contribution in [2.45, 2.75) is 33.1 Å². The van der Waals surface area contributed by atoms with E-state index in [0.29, 0.717) is 10.9 Å². The molecule has 0 aromatic carbocycles. The van der Waals surface area contributed by atoms with Gasteiger partial charge in [0.1, 0.15) is 5.52 Å². The van der Waals surface area contributed by atoms with E-state index < -0.39 is 0 Å². The Morgan fingerprint density at radius 1 is 1.47 bits per heavy atom. The molecule has 0 aliphatic rings. The van der Waals surface area contributed by atoms with Crippen LogP contribution in [0.15, 0.2) is 6.20 Å². The van der Waals surface area contributed by atoms with Crippen LogP contribution >= 0.6 is 11.6 Å². The van der Waals surface area contributed by atoms with Crippen molar-refractivity contribution in [2.24, 2.45) is 0 Å². The maximum absolute atomic E-state index is 6.21. The standard InChI is InChI=1S/C11H14ClN3/c1-4-8-9(12)11-7(5-13-8)10(6(2)3)14-15-11/h5-6H,4H2,1-3H3,(H,14,15). The second kappa shape index (κ2) is 3.81. The van der Waals surface area contributed by atoms with Gasteiger partial charge in [-0.3, -0.25) is 10.1 Å². The Balaban J connectivity index is 2.70. The Bertz CT molecular complexity index is 488. The molecule has 15 heavy (non-hydrogen) atoms. The Morgan fingerprint density at radius 3 is 2.80 bits per heavy atom. The molecule has 0 aliphatic carbocycles. The predicted molar refractivity (Wildman–Crippen MR) is 62.4 cm³/mol. The average molecular weight is 224 g/mol. The summed E-state index contributed by atoms with van der Waals surface area (Å²) >= 11 is 6.21. The molecule has 0 amide bonds. The lowest BCUT2D eigenvalue weighted by Crippen LogP contribution is -1.91. The van der Waals surface area contributed by atoms with Gasteiger partial charge in [0, 0.05) is 17.3 Å². The Hall–Kier alpha value is -1.09. The van der Waals surface area contributed by atoms with Crippen LogP contribution in [0, 0.1) is 0 Å². The highest BCUT2D eigenvalue weighted by molar-refractivity contribution is 6.35. The molecule has 1 N–H and O–H groups in total. The van der Waals surface area contributed by atoms with Crippen molar-refractivity contribution in [1.82, 2.24) is 15.2 Å². The summed E-state index contributed by atoms with van der Waals surface area (Å²) < 4.78 is 0. The second-order valence-corrected chi connectivity index (χ2v) is 4.30. The van der Waals surface area contributed by atoms with E-state index >= 15 is 0 Å². The van der Waals surface area contributed by atoms with Crippen LogP contribution in [0.25, 0.3) is 10.9 Å². The first-order valence-corrected chi connectivity index (χ1v) is 5.54. The summed E-state index contributed by atoms with van der Waals surface area (Å²) in [7, 11) is 0. The maximum Gasteiger partial charge on any atom is 0.114 e. The number of aromatic amines is 1. The van der Waals surface area contributed by atoms with E-state index in [2.05, 4.69) is 29.0 Å². The van der Waals surface area contributed by atoms with Crippen LogP contribution in [0.4, 0.5) is 0 Å². The van der Waals surface area contributed by atoms with Crippen LogP contribution in [0.2, 0.25) is 5.02 Å². The van der Waals surface area contributed by atoms with E-state index in [0.717, 1.165) is 28.7 Å². The van der Waals surface area contributed by atoms with Gasteiger partial charge < -0.3 is 0 Å². The van der Waals surface area contributed by atoms with Gasteiger partial charge >= 0.3 is 0 Å². The fraction of sp³-hybridized carbons (Fsp3) is 0.455. The molecule has 2 aromatic heterocycles. The van der Waals surface area contributed by atoms with Crippen LogP contribution in [0.5, 0.6) is 0 Å². The van der Waals surface area contributed by atoms with Crippen molar-refractivity contribution in [1.29, 1.82) is 0 Å². The molecule has 0 radical (unpaired) electrons. The molecule has 0 unspecified atom stereocenters. The third-order valence-corrected chi connectivity index (χ3v) is 2.95. The van der Waals surface area contributed by atoms with E-state index in [-0.39, 0.29) is 0 Å². The van der Waals surface area contributed by atoms with E-state index in [1.165, 1.54) is 0 Å². The highest BCUT2D eigenvalue weighted by atomic mass is 35.5. The highest BCUT2D eigenvalue weighted by Crippen LogP contribution is 2.28. The molecule has 4 heteroatoms. The highest BCUT2D eigenvalue weighted by Gasteiger charge is 2.13. The molecular formula is C11H14ClN3. The van der Waals surface area contributed by atoms with Crippen molar-refractivity contribution in [3.63, 3.8) is 0 Å². The summed E-state index contributed by atoms with van der Waals surface area (Å²) in [4.78, 5) is 4.35. The average Bonchev–Trinajstić information content (AvgIpc) is 2.62. The quantitative estimate of drug-likeness (QED) is 0.849. The van der Waals surface area contributed by atoms with Crippen LogP contribution in [-0.4, -0.2) is 15.2 Å². The van der Waals surface area contributed by atoms with Crippen LogP contribution in [-0.2, 0) is 6.42 Å². The number of aromatic nitrogens is 3. The molecule has 0 saturated heterocycles. The van der Waals surface area contributed by atoms with Gasteiger partial charge in [0.15, 0.2) is 0 Å². The van der Waals surface area contributed by atoms with E-state index in [9.17, 15) is 0 Å². The minimum atomic E-state index is 0.403. The molecule has 2 rings (SSSR count). The van der Waals surface area contributed by atoms with Gasteiger partial charge in [0.25, 0.3) is 0 Å². The molecular weight excluding hydrogens is 210 g/mol. The minimum absolute atomic E-state index is 0.403. The Morgan fingerprint density at radius 2 is 2.20 bits per heavy atom. The summed E-state index contributed by atoms with van der Waals surface area (Å²) in [6.07, 6.45) is 2.69. The number of H-pyrrole nitrogens is 1. The van der Waals surface area contributed by atoms with Crippen LogP contribution in [0.1, 0.15) is 38.1 Å². The molecule has 0 atom stereocenters. The van der Waals surface area contributed by atoms with Gasteiger partial charge in [-0.2, -0.15) is 5.10 Å². The first-order valence-electron chi connectivity index (χ1n) is 5.16. The third kappa shape index (κ3) is 1.61. The van der Waals surface area contributed by atoms with Crippen molar-refractivity contribution in [2.75, 3.05) is 0 Å². The molecule has 3 nitrogen and oxygen atoms in total. The minimum Gasteiger partial charge on any atom is -0.281 e. The number of hydrogen-bond donors (Lipinski definition) is 1. The van der Waals surface area contributed by atoms with Gasteiger partial charge in [0.05, 0.1) is 10.7 Å². The van der Waals surface area contributed by atoms with E-state index in [1.54, 1.807) is 0 Å². The summed E-state index contributed by atoms with van der Waals surface area (Å²) in [6, 6.07) is 0. The topological polar surface area (TPSA) is 41.6 Å². The lowest BCUT2D eigenvalue weighted by atomic mass is 10.1. The summed E-state index contributed by atoms with van der Waals surface area (Å²) in [6.45, 7) is 6.28. The molecule has 0 aliphatic heterocycles. The number of fused-ring (bicyclic) bond motifs is 1. The van der Waals surface area contributed by atoms with Gasteiger partial charge in [-0.15, -0.1) is 0 Å². The molecule has 0 bridgehead atoms. The largest absolute Gasteiger partial charge is 0.281 e. The number of rotatable bonds is 2. The number of halogens is 1. The van der Waals surface area contributed by atoms with E-state index in [4.69, 9.17) is 11.6 Å². The number of aryl methyl sites for hydroxylation is 1. The zero-order chi connectivity index (χ0) is 11.0. The summed E-state index contributed by atoms with van der Waals surface area (Å²) in [5.74, 6) is 0.403. The molecule has 80 valence electrons. The predicted octanol–water partition coefficient (Wildman–Crippen LogP) is 3.30. The molecule has 0 saturated carbocycles.